The fourth-order valence-electron chi connectivity index (χ4n) is 3.78. The summed E-state index contributed by atoms with van der Waals surface area (Å²) in [7, 11) is 1.85. The van der Waals surface area contributed by atoms with Gasteiger partial charge in [0.25, 0.3) is 0 Å². The van der Waals surface area contributed by atoms with E-state index in [0.717, 1.165) is 49.5 Å². The summed E-state index contributed by atoms with van der Waals surface area (Å²) in [4.78, 5) is 9.30. The SMILES string of the molecule is CCN1CCC(CNC(=NC)NC2CCN(c3cccc(Cl)c3)C2)C1. The van der Waals surface area contributed by atoms with Gasteiger partial charge in [0, 0.05) is 50.0 Å². The van der Waals surface area contributed by atoms with Crippen molar-refractivity contribution in [1.82, 2.24) is 15.5 Å². The molecule has 5 nitrogen and oxygen atoms in total. The van der Waals surface area contributed by atoms with Gasteiger partial charge < -0.3 is 20.4 Å². The van der Waals surface area contributed by atoms with Crippen molar-refractivity contribution in [2.45, 2.75) is 25.8 Å². The van der Waals surface area contributed by atoms with Crippen LogP contribution in [0.2, 0.25) is 5.02 Å². The Balaban J connectivity index is 1.45. The minimum absolute atomic E-state index is 0.417. The highest BCUT2D eigenvalue weighted by Crippen LogP contribution is 2.23. The van der Waals surface area contributed by atoms with Gasteiger partial charge in [-0.3, -0.25) is 4.99 Å². The number of halogens is 1. The van der Waals surface area contributed by atoms with E-state index in [0.29, 0.717) is 6.04 Å². The zero-order chi connectivity index (χ0) is 17.6. The molecule has 0 bridgehead atoms. The summed E-state index contributed by atoms with van der Waals surface area (Å²) >= 11 is 6.12. The Bertz CT molecular complexity index is 591. The molecule has 2 atom stereocenters. The van der Waals surface area contributed by atoms with Gasteiger partial charge in [0.15, 0.2) is 5.96 Å². The van der Waals surface area contributed by atoms with Crippen LogP contribution in [0.4, 0.5) is 5.69 Å². The van der Waals surface area contributed by atoms with Gasteiger partial charge in [-0.1, -0.05) is 24.6 Å². The van der Waals surface area contributed by atoms with E-state index in [1.165, 1.54) is 25.2 Å². The van der Waals surface area contributed by atoms with Crippen LogP contribution in [0.5, 0.6) is 0 Å². The maximum absolute atomic E-state index is 6.12. The molecule has 0 aromatic heterocycles. The summed E-state index contributed by atoms with van der Waals surface area (Å²) < 4.78 is 0. The molecule has 2 N–H and O–H groups in total. The highest BCUT2D eigenvalue weighted by molar-refractivity contribution is 6.30. The molecule has 0 amide bonds. The molecule has 3 rings (SSSR count). The highest BCUT2D eigenvalue weighted by Gasteiger charge is 2.25. The van der Waals surface area contributed by atoms with Crippen LogP contribution in [-0.4, -0.2) is 63.2 Å². The Morgan fingerprint density at radius 1 is 1.28 bits per heavy atom. The molecular formula is C19H30ClN5. The molecular weight excluding hydrogens is 334 g/mol. The van der Waals surface area contributed by atoms with E-state index in [1.54, 1.807) is 0 Å². The number of hydrogen-bond acceptors (Lipinski definition) is 3. The van der Waals surface area contributed by atoms with Gasteiger partial charge in [0.05, 0.1) is 0 Å². The lowest BCUT2D eigenvalue weighted by Crippen LogP contribution is -2.46. The number of aliphatic imine (C=N–C) groups is 1. The molecule has 1 aromatic carbocycles. The van der Waals surface area contributed by atoms with Crippen molar-refractivity contribution >= 4 is 23.2 Å². The monoisotopic (exact) mass is 363 g/mol. The highest BCUT2D eigenvalue weighted by atomic mass is 35.5. The zero-order valence-electron chi connectivity index (χ0n) is 15.3. The smallest absolute Gasteiger partial charge is 0.191 e. The van der Waals surface area contributed by atoms with E-state index in [4.69, 9.17) is 11.6 Å². The number of likely N-dealkylation sites (tertiary alicyclic amines) is 1. The summed E-state index contributed by atoms with van der Waals surface area (Å²) in [5, 5.41) is 7.89. The third-order valence-corrected chi connectivity index (χ3v) is 5.54. The van der Waals surface area contributed by atoms with E-state index in [-0.39, 0.29) is 0 Å². The standard InChI is InChI=1S/C19H30ClN5/c1-3-24-9-7-15(13-24)12-22-19(21-2)23-17-8-10-25(14-17)18-6-4-5-16(20)11-18/h4-6,11,15,17H,3,7-10,12-14H2,1-2H3,(H2,21,22,23). The minimum atomic E-state index is 0.417. The number of benzene rings is 1. The number of hydrogen-bond donors (Lipinski definition) is 2. The van der Waals surface area contributed by atoms with Crippen LogP contribution >= 0.6 is 11.6 Å². The second-order valence-electron chi connectivity index (χ2n) is 7.06. The lowest BCUT2D eigenvalue weighted by molar-refractivity contribution is 0.341. The van der Waals surface area contributed by atoms with Crippen LogP contribution in [0, 0.1) is 5.92 Å². The molecule has 0 spiro atoms. The third-order valence-electron chi connectivity index (χ3n) is 5.30. The van der Waals surface area contributed by atoms with Gasteiger partial charge in [0.2, 0.25) is 0 Å². The molecule has 25 heavy (non-hydrogen) atoms. The molecule has 2 aliphatic rings. The Labute approximate surface area is 156 Å². The maximum Gasteiger partial charge on any atom is 0.191 e. The lowest BCUT2D eigenvalue weighted by atomic mass is 10.1. The largest absolute Gasteiger partial charge is 0.369 e. The van der Waals surface area contributed by atoms with Gasteiger partial charge in [-0.2, -0.15) is 0 Å². The van der Waals surface area contributed by atoms with E-state index in [2.05, 4.69) is 38.4 Å². The topological polar surface area (TPSA) is 42.9 Å². The number of nitrogens with zero attached hydrogens (tertiary/aromatic N) is 3. The number of guanidine groups is 1. The van der Waals surface area contributed by atoms with Crippen LogP contribution in [0.3, 0.4) is 0 Å². The Hall–Kier alpha value is -1.46. The molecule has 0 aliphatic carbocycles. The van der Waals surface area contributed by atoms with Crippen molar-refractivity contribution in [3.05, 3.63) is 29.3 Å². The predicted octanol–water partition coefficient (Wildman–Crippen LogP) is 2.43. The van der Waals surface area contributed by atoms with Crippen LogP contribution in [0.25, 0.3) is 0 Å². The zero-order valence-corrected chi connectivity index (χ0v) is 16.1. The summed E-state index contributed by atoms with van der Waals surface area (Å²) in [5.74, 6) is 1.65. The van der Waals surface area contributed by atoms with Crippen molar-refractivity contribution in [2.24, 2.45) is 10.9 Å². The van der Waals surface area contributed by atoms with Gasteiger partial charge in [-0.15, -0.1) is 0 Å². The third kappa shape index (κ3) is 5.02. The Morgan fingerprint density at radius 3 is 2.88 bits per heavy atom. The molecule has 2 fully saturated rings. The van der Waals surface area contributed by atoms with Crippen LogP contribution in [-0.2, 0) is 0 Å². The van der Waals surface area contributed by atoms with Gasteiger partial charge in [0.1, 0.15) is 0 Å². The van der Waals surface area contributed by atoms with Gasteiger partial charge in [-0.05, 0) is 50.0 Å². The number of rotatable bonds is 5. The molecule has 2 saturated heterocycles. The molecule has 2 aliphatic heterocycles. The quantitative estimate of drug-likeness (QED) is 0.623. The molecule has 0 saturated carbocycles. The minimum Gasteiger partial charge on any atom is -0.369 e. The first-order chi connectivity index (χ1) is 12.2. The average Bonchev–Trinajstić information content (AvgIpc) is 3.28. The Morgan fingerprint density at radius 2 is 2.16 bits per heavy atom. The lowest BCUT2D eigenvalue weighted by Gasteiger charge is -2.21. The van der Waals surface area contributed by atoms with Crippen LogP contribution in [0.15, 0.2) is 29.3 Å². The molecule has 138 valence electrons. The first kappa shape index (κ1) is 18.3. The molecule has 6 heteroatoms. The number of anilines is 1. The molecule has 0 radical (unpaired) electrons. The second-order valence-corrected chi connectivity index (χ2v) is 7.49. The van der Waals surface area contributed by atoms with Gasteiger partial charge >= 0.3 is 0 Å². The molecule has 1 aromatic rings. The summed E-state index contributed by atoms with van der Waals surface area (Å²) in [6.07, 6.45) is 2.39. The first-order valence-electron chi connectivity index (χ1n) is 9.38. The van der Waals surface area contributed by atoms with E-state index >= 15 is 0 Å². The normalized spacial score (nSPS) is 24.8. The summed E-state index contributed by atoms with van der Waals surface area (Å²) in [6.45, 7) is 8.85. The fraction of sp³-hybridized carbons (Fsp3) is 0.632. The summed E-state index contributed by atoms with van der Waals surface area (Å²) in [5.41, 5.74) is 1.20. The van der Waals surface area contributed by atoms with Crippen molar-refractivity contribution in [3.8, 4) is 0 Å². The van der Waals surface area contributed by atoms with E-state index < -0.39 is 0 Å². The second kappa shape index (κ2) is 8.77. The van der Waals surface area contributed by atoms with E-state index in [9.17, 15) is 0 Å². The molecule has 2 heterocycles. The maximum atomic E-state index is 6.12. The average molecular weight is 364 g/mol. The first-order valence-corrected chi connectivity index (χ1v) is 9.75. The van der Waals surface area contributed by atoms with Crippen molar-refractivity contribution < 1.29 is 0 Å². The fourth-order valence-corrected chi connectivity index (χ4v) is 3.97. The van der Waals surface area contributed by atoms with Crippen molar-refractivity contribution in [1.29, 1.82) is 0 Å². The van der Waals surface area contributed by atoms with Crippen molar-refractivity contribution in [3.63, 3.8) is 0 Å². The van der Waals surface area contributed by atoms with Crippen LogP contribution in [0.1, 0.15) is 19.8 Å². The van der Waals surface area contributed by atoms with Crippen LogP contribution < -0.4 is 15.5 Å². The number of nitrogens with one attached hydrogen (secondary N) is 2. The Kier molecular flexibility index (Phi) is 6.43. The van der Waals surface area contributed by atoms with Crippen molar-refractivity contribution in [2.75, 3.05) is 51.2 Å². The predicted molar refractivity (Wildman–Crippen MR) is 107 cm³/mol. The van der Waals surface area contributed by atoms with E-state index in [1.807, 2.05) is 25.2 Å². The van der Waals surface area contributed by atoms with Gasteiger partial charge in [-0.25, -0.2) is 0 Å². The molecule has 2 unspecified atom stereocenters. The summed E-state index contributed by atoms with van der Waals surface area (Å²) in [6, 6.07) is 8.52.